The van der Waals surface area contributed by atoms with Gasteiger partial charge in [-0.25, -0.2) is 4.99 Å². The Labute approximate surface area is 214 Å². The van der Waals surface area contributed by atoms with Gasteiger partial charge in [-0.05, 0) is 49.7 Å². The molecule has 7 nitrogen and oxygen atoms in total. The van der Waals surface area contributed by atoms with E-state index in [0.717, 1.165) is 64.4 Å². The maximum atomic E-state index is 12.8. The van der Waals surface area contributed by atoms with Crippen LogP contribution in [0, 0.1) is 5.92 Å². The van der Waals surface area contributed by atoms with Crippen molar-refractivity contribution < 1.29 is 4.79 Å². The number of amides is 1. The van der Waals surface area contributed by atoms with Crippen LogP contribution in [0.4, 0.5) is 0 Å². The second kappa shape index (κ2) is 12.4. The number of nitrogens with one attached hydrogen (secondary N) is 1. The van der Waals surface area contributed by atoms with Crippen LogP contribution in [0.1, 0.15) is 43.2 Å². The molecule has 2 aliphatic rings. The number of guanidine groups is 1. The minimum atomic E-state index is 0. The van der Waals surface area contributed by atoms with Crippen LogP contribution >= 0.6 is 24.0 Å². The molecule has 4 rings (SSSR count). The highest BCUT2D eigenvalue weighted by molar-refractivity contribution is 14.0. The van der Waals surface area contributed by atoms with Gasteiger partial charge < -0.3 is 15.1 Å². The number of rotatable bonds is 6. The van der Waals surface area contributed by atoms with E-state index in [1.54, 1.807) is 0 Å². The number of hydrogen-bond acceptors (Lipinski definition) is 3. The van der Waals surface area contributed by atoms with E-state index in [0.29, 0.717) is 11.8 Å². The van der Waals surface area contributed by atoms with Gasteiger partial charge in [-0.1, -0.05) is 30.3 Å². The van der Waals surface area contributed by atoms with E-state index in [1.165, 1.54) is 11.1 Å². The first-order valence-corrected chi connectivity index (χ1v) is 12.0. The molecule has 0 bridgehead atoms. The van der Waals surface area contributed by atoms with E-state index in [-0.39, 0.29) is 36.4 Å². The van der Waals surface area contributed by atoms with E-state index in [4.69, 9.17) is 4.99 Å². The van der Waals surface area contributed by atoms with Crippen LogP contribution in [0.15, 0.2) is 47.7 Å². The molecule has 1 N–H and O–H groups in total. The number of benzene rings is 1. The van der Waals surface area contributed by atoms with Gasteiger partial charge in [0.2, 0.25) is 5.91 Å². The number of halogens is 1. The van der Waals surface area contributed by atoms with E-state index in [1.807, 2.05) is 22.8 Å². The summed E-state index contributed by atoms with van der Waals surface area (Å²) >= 11 is 0. The molecule has 0 spiro atoms. The zero-order valence-corrected chi connectivity index (χ0v) is 22.2. The summed E-state index contributed by atoms with van der Waals surface area (Å²) in [7, 11) is 1.96. The second-order valence-corrected chi connectivity index (χ2v) is 9.06. The SMILES string of the molecule is CCNC(=NCC(=O)N1CCC(Cc2ccccc2)CC1)N1CCC(c2cnn(C)c2)C1.I. The third-order valence-corrected chi connectivity index (χ3v) is 6.72. The number of piperidine rings is 1. The number of aliphatic imine (C=N–C) groups is 1. The standard InChI is InChI=1S/C25H36N6O.HI/c1-3-26-25(31-14-11-22(19-31)23-16-28-29(2)18-23)27-17-24(32)30-12-9-21(10-13-30)15-20-7-5-4-6-8-20;/h4-8,16,18,21-22H,3,9-15,17,19H2,1-2H3,(H,26,27);1H. The lowest BCUT2D eigenvalue weighted by atomic mass is 9.90. The second-order valence-electron chi connectivity index (χ2n) is 9.06. The highest BCUT2D eigenvalue weighted by atomic mass is 127. The van der Waals surface area contributed by atoms with Gasteiger partial charge >= 0.3 is 0 Å². The first-order chi connectivity index (χ1) is 15.6. The lowest BCUT2D eigenvalue weighted by Crippen LogP contribution is -2.43. The minimum absolute atomic E-state index is 0. The van der Waals surface area contributed by atoms with Gasteiger partial charge in [0, 0.05) is 51.9 Å². The number of aryl methyl sites for hydroxylation is 1. The van der Waals surface area contributed by atoms with Crippen molar-refractivity contribution in [3.05, 3.63) is 53.9 Å². The number of carbonyl (C=O) groups excluding carboxylic acids is 1. The summed E-state index contributed by atoms with van der Waals surface area (Å²) in [5, 5.41) is 7.69. The smallest absolute Gasteiger partial charge is 0.244 e. The molecule has 2 fully saturated rings. The van der Waals surface area contributed by atoms with Crippen molar-refractivity contribution in [1.29, 1.82) is 0 Å². The predicted molar refractivity (Wildman–Crippen MR) is 143 cm³/mol. The molecule has 8 heteroatoms. The summed E-state index contributed by atoms with van der Waals surface area (Å²) < 4.78 is 1.86. The average Bonchev–Trinajstić information content (AvgIpc) is 3.47. The van der Waals surface area contributed by atoms with E-state index in [9.17, 15) is 4.79 Å². The zero-order chi connectivity index (χ0) is 22.3. The number of carbonyl (C=O) groups is 1. The summed E-state index contributed by atoms with van der Waals surface area (Å²) in [6.45, 7) is 6.64. The van der Waals surface area contributed by atoms with Crippen LogP contribution in [-0.4, -0.2) is 70.7 Å². The molecule has 180 valence electrons. The molecule has 0 aliphatic carbocycles. The Hall–Kier alpha value is -2.10. The molecule has 3 heterocycles. The fourth-order valence-electron chi connectivity index (χ4n) is 4.88. The molecule has 1 aromatic heterocycles. The number of likely N-dealkylation sites (tertiary alicyclic amines) is 2. The minimum Gasteiger partial charge on any atom is -0.357 e. The molecule has 2 aliphatic heterocycles. The van der Waals surface area contributed by atoms with Crippen LogP contribution in [0.25, 0.3) is 0 Å². The summed E-state index contributed by atoms with van der Waals surface area (Å²) in [6, 6.07) is 10.7. The van der Waals surface area contributed by atoms with E-state index < -0.39 is 0 Å². The van der Waals surface area contributed by atoms with Crippen LogP contribution in [0.3, 0.4) is 0 Å². The molecule has 2 saturated heterocycles. The summed E-state index contributed by atoms with van der Waals surface area (Å²) in [5.74, 6) is 2.12. The Morgan fingerprint density at radius 1 is 1.12 bits per heavy atom. The van der Waals surface area contributed by atoms with Gasteiger partial charge in [0.15, 0.2) is 5.96 Å². The van der Waals surface area contributed by atoms with Gasteiger partial charge in [-0.15, -0.1) is 24.0 Å². The Kier molecular flexibility index (Phi) is 9.58. The van der Waals surface area contributed by atoms with Gasteiger partial charge in [0.1, 0.15) is 6.54 Å². The van der Waals surface area contributed by atoms with Crippen LogP contribution in [-0.2, 0) is 18.3 Å². The lowest BCUT2D eigenvalue weighted by Gasteiger charge is -2.32. The fraction of sp³-hybridized carbons (Fsp3) is 0.560. The van der Waals surface area contributed by atoms with Gasteiger partial charge in [-0.2, -0.15) is 5.10 Å². The summed E-state index contributed by atoms with van der Waals surface area (Å²) in [5.41, 5.74) is 2.67. The fourth-order valence-corrected chi connectivity index (χ4v) is 4.88. The van der Waals surface area contributed by atoms with Crippen molar-refractivity contribution in [1.82, 2.24) is 24.9 Å². The van der Waals surface area contributed by atoms with Gasteiger partial charge in [0.25, 0.3) is 0 Å². The highest BCUT2D eigenvalue weighted by Gasteiger charge is 2.28. The first-order valence-electron chi connectivity index (χ1n) is 12.0. The van der Waals surface area contributed by atoms with E-state index in [2.05, 4.69) is 58.8 Å². The van der Waals surface area contributed by atoms with E-state index >= 15 is 0 Å². The normalized spacial score (nSPS) is 19.5. The Morgan fingerprint density at radius 3 is 2.52 bits per heavy atom. The lowest BCUT2D eigenvalue weighted by molar-refractivity contribution is -0.131. The third-order valence-electron chi connectivity index (χ3n) is 6.72. The molecular formula is C25H37IN6O. The quantitative estimate of drug-likeness (QED) is 0.333. The predicted octanol–water partition coefficient (Wildman–Crippen LogP) is 3.27. The van der Waals surface area contributed by atoms with Crippen LogP contribution in [0.2, 0.25) is 0 Å². The van der Waals surface area contributed by atoms with Crippen molar-refractivity contribution in [2.45, 2.75) is 38.5 Å². The molecule has 0 saturated carbocycles. The third kappa shape index (κ3) is 6.94. The summed E-state index contributed by atoms with van der Waals surface area (Å²) in [4.78, 5) is 21.8. The Balaban J connectivity index is 0.00000306. The molecular weight excluding hydrogens is 527 g/mol. The topological polar surface area (TPSA) is 65.8 Å². The van der Waals surface area contributed by atoms with Crippen molar-refractivity contribution in [2.75, 3.05) is 39.3 Å². The Bertz CT molecular complexity index is 907. The molecule has 1 unspecified atom stereocenters. The largest absolute Gasteiger partial charge is 0.357 e. The van der Waals surface area contributed by atoms with Gasteiger partial charge in [0.05, 0.1) is 6.20 Å². The highest BCUT2D eigenvalue weighted by Crippen LogP contribution is 2.27. The molecule has 33 heavy (non-hydrogen) atoms. The summed E-state index contributed by atoms with van der Waals surface area (Å²) in [6.07, 6.45) is 8.40. The van der Waals surface area contributed by atoms with Crippen LogP contribution in [0.5, 0.6) is 0 Å². The molecule has 1 aromatic carbocycles. The average molecular weight is 565 g/mol. The number of aromatic nitrogens is 2. The maximum absolute atomic E-state index is 12.8. The molecule has 0 radical (unpaired) electrons. The van der Waals surface area contributed by atoms with Gasteiger partial charge in [-0.3, -0.25) is 9.48 Å². The number of hydrogen-bond donors (Lipinski definition) is 1. The molecule has 1 atom stereocenters. The van der Waals surface area contributed by atoms with Crippen molar-refractivity contribution in [3.8, 4) is 0 Å². The van der Waals surface area contributed by atoms with Crippen molar-refractivity contribution in [2.24, 2.45) is 18.0 Å². The van der Waals surface area contributed by atoms with Crippen molar-refractivity contribution in [3.63, 3.8) is 0 Å². The molecule has 2 aromatic rings. The molecule has 1 amide bonds. The van der Waals surface area contributed by atoms with Crippen molar-refractivity contribution >= 4 is 35.8 Å². The maximum Gasteiger partial charge on any atom is 0.244 e. The monoisotopic (exact) mass is 564 g/mol. The Morgan fingerprint density at radius 2 is 1.85 bits per heavy atom. The zero-order valence-electron chi connectivity index (χ0n) is 19.8. The number of nitrogens with zero attached hydrogens (tertiary/aromatic N) is 5. The first kappa shape index (κ1) is 25.5. The van der Waals surface area contributed by atoms with Crippen LogP contribution < -0.4 is 5.32 Å².